The van der Waals surface area contributed by atoms with Crippen LogP contribution >= 0.6 is 0 Å². The van der Waals surface area contributed by atoms with Crippen molar-refractivity contribution in [1.29, 1.82) is 5.26 Å². The summed E-state index contributed by atoms with van der Waals surface area (Å²) < 4.78 is 7.30. The Hall–Kier alpha value is -5.55. The third kappa shape index (κ3) is 10.7. The molecule has 0 amide bonds. The van der Waals surface area contributed by atoms with Crippen LogP contribution in [0.4, 0.5) is 11.9 Å². The van der Waals surface area contributed by atoms with Crippen LogP contribution in [0.1, 0.15) is 93.6 Å². The Balaban J connectivity index is 0.000000184. The average molecular weight is 825 g/mol. The number of nitrogens with two attached hydrogens (primary N) is 1. The Morgan fingerprint density at radius 2 is 1.33 bits per heavy atom. The molecule has 7 N–H and O–H groups in total. The van der Waals surface area contributed by atoms with Crippen LogP contribution in [0, 0.1) is 11.3 Å². The van der Waals surface area contributed by atoms with Gasteiger partial charge in [-0.25, -0.2) is 19.9 Å². The monoisotopic (exact) mass is 825 g/mol. The van der Waals surface area contributed by atoms with Crippen LogP contribution in [0.2, 0.25) is 0 Å². The van der Waals surface area contributed by atoms with Gasteiger partial charge in [-0.1, -0.05) is 12.1 Å². The van der Waals surface area contributed by atoms with Crippen LogP contribution in [0.3, 0.4) is 0 Å². The maximum absolute atomic E-state index is 9.25. The number of nitrogens with zero attached hydrogens (tertiary/aromatic N) is 6. The highest BCUT2D eigenvalue weighted by Crippen LogP contribution is 2.35. The second kappa shape index (κ2) is 17.1. The number of hydrogen-bond acceptors (Lipinski definition) is 11. The smallest absolute Gasteiger partial charge is 0.223 e. The quantitative estimate of drug-likeness (QED) is 0.0779. The molecule has 0 radical (unpaired) electrons. The number of nitrogens with one attached hydrogen (secondary N) is 5. The SMILES string of the molecule is CC(N)Cc1ccc2c(-c3ccnc(NC4CC(C)(C)NC(C)(C)C4)n3)c[nH]c2c1.COc1ccc2c(-c3ccnc(NC4CC(C)(C)NC(C)(C)C4)n3)cn(CC#N)c2c1. The fourth-order valence-corrected chi connectivity index (χ4v) is 10.1. The molecule has 1 unspecified atom stereocenters. The van der Waals surface area contributed by atoms with Crippen LogP contribution in [0.15, 0.2) is 73.3 Å². The first kappa shape index (κ1) is 43.5. The van der Waals surface area contributed by atoms with Gasteiger partial charge in [0, 0.05) is 98.6 Å². The molecular formula is C48H64N12O. The Labute approximate surface area is 360 Å². The fraction of sp³-hybridized carbons (Fsp3) is 0.479. The number of aromatic nitrogens is 6. The van der Waals surface area contributed by atoms with Crippen LogP contribution in [-0.2, 0) is 13.0 Å². The molecule has 13 heteroatoms. The zero-order valence-electron chi connectivity index (χ0n) is 37.6. The predicted molar refractivity (Wildman–Crippen MR) is 248 cm³/mol. The summed E-state index contributed by atoms with van der Waals surface area (Å²) in [6.45, 7) is 20.3. The van der Waals surface area contributed by atoms with E-state index in [9.17, 15) is 5.26 Å². The Morgan fingerprint density at radius 1 is 0.787 bits per heavy atom. The lowest BCUT2D eigenvalue weighted by molar-refractivity contribution is 0.170. The van der Waals surface area contributed by atoms with Crippen molar-refractivity contribution in [2.45, 2.75) is 141 Å². The highest BCUT2D eigenvalue weighted by Gasteiger charge is 2.39. The summed E-state index contributed by atoms with van der Waals surface area (Å²) in [4.78, 5) is 22.0. The zero-order valence-corrected chi connectivity index (χ0v) is 37.6. The molecule has 0 bridgehead atoms. The minimum absolute atomic E-state index is 0.0425. The third-order valence-corrected chi connectivity index (χ3v) is 11.5. The van der Waals surface area contributed by atoms with Crippen molar-refractivity contribution in [3.05, 3.63) is 78.9 Å². The number of rotatable bonds is 10. The molecule has 0 aliphatic carbocycles. The molecule has 61 heavy (non-hydrogen) atoms. The molecular weight excluding hydrogens is 761 g/mol. The summed E-state index contributed by atoms with van der Waals surface area (Å²) in [6, 6.07) is 19.3. The van der Waals surface area contributed by atoms with E-state index in [1.807, 2.05) is 60.4 Å². The first-order chi connectivity index (χ1) is 28.8. The number of piperidine rings is 2. The van der Waals surface area contributed by atoms with E-state index in [0.29, 0.717) is 17.9 Å². The third-order valence-electron chi connectivity index (χ3n) is 11.5. The van der Waals surface area contributed by atoms with Crippen molar-refractivity contribution < 1.29 is 4.74 Å². The topological polar surface area (TPSA) is 179 Å². The lowest BCUT2D eigenvalue weighted by Gasteiger charge is -2.46. The van der Waals surface area contributed by atoms with E-state index in [0.717, 1.165) is 82.2 Å². The predicted octanol–water partition coefficient (Wildman–Crippen LogP) is 8.59. The number of benzene rings is 2. The summed E-state index contributed by atoms with van der Waals surface area (Å²) >= 11 is 0. The molecule has 2 aliphatic heterocycles. The molecule has 13 nitrogen and oxygen atoms in total. The molecule has 2 aliphatic rings. The highest BCUT2D eigenvalue weighted by atomic mass is 16.5. The summed E-state index contributed by atoms with van der Waals surface area (Å²) in [6.07, 6.45) is 12.5. The molecule has 1 atom stereocenters. The highest BCUT2D eigenvalue weighted by molar-refractivity contribution is 5.96. The Bertz CT molecular complexity index is 2490. The molecule has 0 saturated carbocycles. The maximum Gasteiger partial charge on any atom is 0.223 e. The number of aromatic amines is 1. The van der Waals surface area contributed by atoms with Crippen molar-refractivity contribution in [3.8, 4) is 34.3 Å². The summed E-state index contributed by atoms with van der Waals surface area (Å²) in [5, 5.41) is 26.0. The molecule has 2 fully saturated rings. The van der Waals surface area contributed by atoms with Crippen molar-refractivity contribution in [1.82, 2.24) is 40.1 Å². The van der Waals surface area contributed by atoms with Crippen LogP contribution in [0.25, 0.3) is 44.3 Å². The molecule has 4 aromatic heterocycles. The largest absolute Gasteiger partial charge is 0.497 e. The minimum Gasteiger partial charge on any atom is -0.497 e. The van der Waals surface area contributed by atoms with Gasteiger partial charge in [0.15, 0.2) is 0 Å². The number of fused-ring (bicyclic) bond motifs is 2. The van der Waals surface area contributed by atoms with Gasteiger partial charge < -0.3 is 41.3 Å². The molecule has 2 aromatic carbocycles. The number of methoxy groups -OCH3 is 1. The number of anilines is 2. The zero-order chi connectivity index (χ0) is 43.7. The second-order valence-electron chi connectivity index (χ2n) is 19.8. The van der Waals surface area contributed by atoms with Gasteiger partial charge in [-0.05, 0) is 130 Å². The van der Waals surface area contributed by atoms with E-state index in [2.05, 4.69) is 116 Å². The van der Waals surface area contributed by atoms with Gasteiger partial charge in [0.2, 0.25) is 11.9 Å². The van der Waals surface area contributed by atoms with Gasteiger partial charge in [0.1, 0.15) is 12.3 Å². The van der Waals surface area contributed by atoms with E-state index >= 15 is 0 Å². The van der Waals surface area contributed by atoms with E-state index in [-0.39, 0.29) is 40.8 Å². The Kier molecular flexibility index (Phi) is 12.2. The number of hydrogen-bond donors (Lipinski definition) is 6. The molecule has 6 heterocycles. The molecule has 322 valence electrons. The van der Waals surface area contributed by atoms with Crippen molar-refractivity contribution in [3.63, 3.8) is 0 Å². The first-order valence-corrected chi connectivity index (χ1v) is 21.5. The first-order valence-electron chi connectivity index (χ1n) is 21.5. The summed E-state index contributed by atoms with van der Waals surface area (Å²) in [5.74, 6) is 2.08. The summed E-state index contributed by atoms with van der Waals surface area (Å²) in [5.41, 5.74) is 13.3. The van der Waals surface area contributed by atoms with Gasteiger partial charge in [-0.2, -0.15) is 5.26 Å². The van der Waals surface area contributed by atoms with Crippen LogP contribution < -0.4 is 31.7 Å². The lowest BCUT2D eigenvalue weighted by Crippen LogP contribution is -2.60. The number of ether oxygens (including phenoxy) is 1. The van der Waals surface area contributed by atoms with Gasteiger partial charge >= 0.3 is 0 Å². The van der Waals surface area contributed by atoms with E-state index < -0.39 is 0 Å². The van der Waals surface area contributed by atoms with E-state index in [4.69, 9.17) is 20.4 Å². The van der Waals surface area contributed by atoms with Gasteiger partial charge in [-0.3, -0.25) is 0 Å². The molecule has 8 rings (SSSR count). The van der Waals surface area contributed by atoms with Crippen molar-refractivity contribution in [2.24, 2.45) is 5.73 Å². The van der Waals surface area contributed by atoms with E-state index in [1.54, 1.807) is 13.3 Å². The van der Waals surface area contributed by atoms with Gasteiger partial charge in [0.05, 0.1) is 30.1 Å². The second-order valence-corrected chi connectivity index (χ2v) is 19.8. The average Bonchev–Trinajstić information content (AvgIpc) is 3.74. The standard InChI is InChI=1S/C24H30N6O.C24H34N6/c1-23(2)13-16(14-24(3,4)29-23)27-22-26-10-8-20(28-22)19-15-30(11-9-25)21-12-17(31-5)6-7-18(19)21;1-15(25)10-16-6-7-18-19(14-27-21(18)11-16)20-8-9-26-22(29-20)28-17-12-23(2,3)30-24(4,5)13-17/h6-8,10,12,15-16,29H,11,13-14H2,1-5H3,(H,26,27,28);6-9,11,14-15,17,27,30H,10,12-13,25H2,1-5H3,(H,26,28,29). The molecule has 0 spiro atoms. The fourth-order valence-electron chi connectivity index (χ4n) is 10.1. The summed E-state index contributed by atoms with van der Waals surface area (Å²) in [7, 11) is 1.64. The minimum atomic E-state index is 0.0425. The van der Waals surface area contributed by atoms with Crippen molar-refractivity contribution in [2.75, 3.05) is 17.7 Å². The normalized spacial score (nSPS) is 18.8. The lowest BCUT2D eigenvalue weighted by atomic mass is 9.79. The number of H-pyrrole nitrogens is 1. The van der Waals surface area contributed by atoms with Gasteiger partial charge in [-0.15, -0.1) is 0 Å². The van der Waals surface area contributed by atoms with Crippen molar-refractivity contribution >= 4 is 33.7 Å². The Morgan fingerprint density at radius 3 is 1.85 bits per heavy atom. The van der Waals surface area contributed by atoms with Crippen LogP contribution in [0.5, 0.6) is 5.75 Å². The van der Waals surface area contributed by atoms with E-state index in [1.165, 1.54) is 5.56 Å². The van der Waals surface area contributed by atoms with Crippen LogP contribution in [-0.4, -0.2) is 76.9 Å². The maximum atomic E-state index is 9.25. The number of nitriles is 1. The molecule has 2 saturated heterocycles. The molecule has 6 aromatic rings. The van der Waals surface area contributed by atoms with Gasteiger partial charge in [0.25, 0.3) is 0 Å².